The maximum absolute atomic E-state index is 10.1. The molecule has 0 N–H and O–H groups in total. The summed E-state index contributed by atoms with van der Waals surface area (Å²) in [5.74, 6) is 0. The summed E-state index contributed by atoms with van der Waals surface area (Å²) in [5, 5.41) is 12.1. The Morgan fingerprint density at radius 3 is 1.33 bits per heavy atom. The largest absolute Gasteiger partial charge is 1.00 e. The molecule has 0 spiro atoms. The molecule has 0 bridgehead atoms. The molecule has 0 amide bonds. The number of rotatable bonds is 0. The summed E-state index contributed by atoms with van der Waals surface area (Å²) in [5.41, 5.74) is -0.750. The van der Waals surface area contributed by atoms with Crippen LogP contribution in [0.15, 0.2) is 0 Å². The molecule has 0 radical (unpaired) electrons. The Kier molecular flexibility index (Phi) is 18.1. The molecular weight excluding hydrogens is 143 g/mol. The number of hydrogen-bond acceptors (Lipinski definition) is 1. The molecule has 0 heterocycles. The summed E-state index contributed by atoms with van der Waals surface area (Å²) in [6, 6.07) is 0. The van der Waals surface area contributed by atoms with Crippen LogP contribution in [0.2, 0.25) is 5.05 Å². The Morgan fingerprint density at radius 2 is 1.33 bits per heavy atom. The Labute approximate surface area is 83.2 Å². The van der Waals surface area contributed by atoms with E-state index in [0.717, 1.165) is 0 Å². The first-order chi connectivity index (χ1) is 3.41. The van der Waals surface area contributed by atoms with E-state index in [1.54, 1.807) is 20.8 Å². The zero-order valence-corrected chi connectivity index (χ0v) is 9.16. The third-order valence-electron chi connectivity index (χ3n) is 0. The quantitative estimate of drug-likeness (QED) is 0.372. The topological polar surface area (TPSA) is 23.1 Å². The molecule has 0 aromatic rings. The smallest absolute Gasteiger partial charge is 0.850 e. The van der Waals surface area contributed by atoms with E-state index >= 15 is 0 Å². The van der Waals surface area contributed by atoms with Gasteiger partial charge in [-0.15, -0.1) is 10.7 Å². The van der Waals surface area contributed by atoms with Gasteiger partial charge in [-0.1, -0.05) is 20.8 Å². The molecule has 0 aliphatic heterocycles. The summed E-state index contributed by atoms with van der Waals surface area (Å²) < 4.78 is 0. The van der Waals surface area contributed by atoms with Gasteiger partial charge in [-0.2, -0.15) is 0 Å². The maximum Gasteiger partial charge on any atom is 1.00 e. The van der Waals surface area contributed by atoms with E-state index in [1.165, 1.54) is 0 Å². The SMILES string of the molecule is CC(C)(C)[O-].[CH3][Mg][Cl].[Li+]. The van der Waals surface area contributed by atoms with Crippen LogP contribution in [0.3, 0.4) is 0 Å². The molecule has 0 aromatic heterocycles. The van der Waals surface area contributed by atoms with Crippen LogP contribution in [-0.2, 0) is 0 Å². The summed E-state index contributed by atoms with van der Waals surface area (Å²) in [7, 11) is 5.14. The van der Waals surface area contributed by atoms with Gasteiger partial charge >= 0.3 is 38.1 Å². The third-order valence-corrected chi connectivity index (χ3v) is 0. The van der Waals surface area contributed by atoms with Gasteiger partial charge in [-0.3, -0.25) is 0 Å². The fourth-order valence-electron chi connectivity index (χ4n) is 0. The van der Waals surface area contributed by atoms with Crippen LogP contribution in [0.4, 0.5) is 0 Å². The first-order valence-corrected chi connectivity index (χ1v) is 6.23. The molecule has 0 aromatic carbocycles. The van der Waals surface area contributed by atoms with E-state index in [-0.39, 0.29) is 38.1 Å². The van der Waals surface area contributed by atoms with Gasteiger partial charge in [-0.05, 0) is 0 Å². The molecule has 0 saturated heterocycles. The summed E-state index contributed by atoms with van der Waals surface area (Å²) in [6.45, 7) is 4.90. The molecule has 9 heavy (non-hydrogen) atoms. The van der Waals surface area contributed by atoms with E-state index in [4.69, 9.17) is 9.07 Å². The molecule has 4 heteroatoms. The zero-order chi connectivity index (χ0) is 7.21. The zero-order valence-electron chi connectivity index (χ0n) is 6.99. The van der Waals surface area contributed by atoms with Crippen molar-refractivity contribution in [3.05, 3.63) is 0 Å². The van der Waals surface area contributed by atoms with E-state index in [9.17, 15) is 5.11 Å². The van der Waals surface area contributed by atoms with E-state index in [1.807, 2.05) is 5.05 Å². The number of hydrogen-bond donors (Lipinski definition) is 0. The van der Waals surface area contributed by atoms with Crippen molar-refractivity contribution in [3.63, 3.8) is 0 Å². The van der Waals surface area contributed by atoms with Gasteiger partial charge in [-0.25, -0.2) is 0 Å². The summed E-state index contributed by atoms with van der Waals surface area (Å²) in [4.78, 5) is 0. The van der Waals surface area contributed by atoms with Crippen LogP contribution in [0.5, 0.6) is 0 Å². The molecule has 0 atom stereocenters. The second kappa shape index (κ2) is 9.61. The Morgan fingerprint density at radius 1 is 1.33 bits per heavy atom. The van der Waals surface area contributed by atoms with Crippen molar-refractivity contribution in [1.82, 2.24) is 0 Å². The van der Waals surface area contributed by atoms with Crippen molar-refractivity contribution in [3.8, 4) is 0 Å². The van der Waals surface area contributed by atoms with Crippen LogP contribution in [0.25, 0.3) is 0 Å². The standard InChI is InChI=1S/C4H9O.CH3.ClH.Li.Mg/c1-4(2,3)5;;;;/h1-3H3;1H3;1H;;/q-1;;;2*+1/p-1. The monoisotopic (exact) mass is 154 g/mol. The molecule has 0 unspecified atom stereocenters. The van der Waals surface area contributed by atoms with Gasteiger partial charge in [0.05, 0.1) is 0 Å². The van der Waals surface area contributed by atoms with Crippen LogP contribution in [-0.4, -0.2) is 24.9 Å². The minimum atomic E-state index is -0.750. The van der Waals surface area contributed by atoms with Crippen LogP contribution < -0.4 is 24.0 Å². The van der Waals surface area contributed by atoms with E-state index in [0.29, 0.717) is 0 Å². The van der Waals surface area contributed by atoms with Crippen molar-refractivity contribution in [1.29, 1.82) is 0 Å². The number of halogens is 1. The van der Waals surface area contributed by atoms with Gasteiger partial charge in [0.2, 0.25) is 0 Å². The van der Waals surface area contributed by atoms with Crippen LogP contribution in [0, 0.1) is 0 Å². The molecule has 0 saturated carbocycles. The van der Waals surface area contributed by atoms with Crippen molar-refractivity contribution >= 4 is 28.3 Å². The van der Waals surface area contributed by atoms with E-state index in [2.05, 4.69) is 0 Å². The molecule has 1 nitrogen and oxygen atoms in total. The van der Waals surface area contributed by atoms with Crippen LogP contribution in [0.1, 0.15) is 20.8 Å². The molecule has 0 rings (SSSR count). The van der Waals surface area contributed by atoms with Gasteiger partial charge in [0.15, 0.2) is 0 Å². The van der Waals surface area contributed by atoms with Gasteiger partial charge < -0.3 is 14.2 Å². The predicted molar refractivity (Wildman–Crippen MR) is 37.2 cm³/mol. The molecule has 0 aliphatic carbocycles. The van der Waals surface area contributed by atoms with Gasteiger partial charge in [0.1, 0.15) is 0 Å². The van der Waals surface area contributed by atoms with Gasteiger partial charge in [0.25, 0.3) is 0 Å². The van der Waals surface area contributed by atoms with Crippen LogP contribution >= 0.6 is 9.07 Å². The Hall–Kier alpha value is 1.61. The fraction of sp³-hybridized carbons (Fsp3) is 1.00. The maximum atomic E-state index is 10.1. The average molecular weight is 155 g/mol. The minimum Gasteiger partial charge on any atom is -0.850 e. The second-order valence-corrected chi connectivity index (χ2v) is 4.52. The first kappa shape index (κ1) is 16.9. The minimum absolute atomic E-state index is 0. The summed E-state index contributed by atoms with van der Waals surface area (Å²) >= 11 is -0.111. The Balaban J connectivity index is -0.0000000800. The molecular formula is C5H12ClLiMgO. The second-order valence-electron chi connectivity index (χ2n) is 2.38. The van der Waals surface area contributed by atoms with Crippen molar-refractivity contribution in [2.45, 2.75) is 31.4 Å². The van der Waals surface area contributed by atoms with Crippen molar-refractivity contribution < 1.29 is 24.0 Å². The third kappa shape index (κ3) is 214. The molecule has 0 fully saturated rings. The first-order valence-electron chi connectivity index (χ1n) is 2.68. The molecule has 48 valence electrons. The van der Waals surface area contributed by atoms with E-state index < -0.39 is 5.60 Å². The average Bonchev–Trinajstić information content (AvgIpc) is 1.27. The normalized spacial score (nSPS) is 7.78. The van der Waals surface area contributed by atoms with Gasteiger partial charge in [0, 0.05) is 0 Å². The summed E-state index contributed by atoms with van der Waals surface area (Å²) in [6.07, 6.45) is 0. The Bertz CT molecular complexity index is 40.7. The van der Waals surface area contributed by atoms with Crippen molar-refractivity contribution in [2.75, 3.05) is 0 Å². The predicted octanol–water partition coefficient (Wildman–Crippen LogP) is -1.96. The fourth-order valence-corrected chi connectivity index (χ4v) is 0. The molecule has 0 aliphatic rings. The van der Waals surface area contributed by atoms with Crippen molar-refractivity contribution in [2.24, 2.45) is 0 Å².